The smallest absolute Gasteiger partial charge is 0.291 e. The predicted octanol–water partition coefficient (Wildman–Crippen LogP) is 4.13. The highest BCUT2D eigenvalue weighted by molar-refractivity contribution is 6.02. The molecule has 0 aliphatic rings. The number of amides is 1. The molecule has 1 heterocycles. The van der Waals surface area contributed by atoms with Crippen molar-refractivity contribution in [1.29, 1.82) is 0 Å². The van der Waals surface area contributed by atoms with E-state index in [2.05, 4.69) is 20.9 Å². The molecule has 3 N–H and O–H groups in total. The Labute approximate surface area is 181 Å². The number of carbonyl (C=O) groups is 1. The molecular formula is C23H26N4O4. The third-order valence-corrected chi connectivity index (χ3v) is 4.37. The molecule has 162 valence electrons. The van der Waals surface area contributed by atoms with E-state index in [-0.39, 0.29) is 11.7 Å². The van der Waals surface area contributed by atoms with Crippen LogP contribution in [-0.4, -0.2) is 32.6 Å². The van der Waals surface area contributed by atoms with Crippen LogP contribution in [0.1, 0.15) is 23.0 Å². The van der Waals surface area contributed by atoms with Gasteiger partial charge in [0.15, 0.2) is 23.2 Å². The fourth-order valence-electron chi connectivity index (χ4n) is 2.82. The Morgan fingerprint density at radius 2 is 1.71 bits per heavy atom. The number of benzene rings is 2. The van der Waals surface area contributed by atoms with Gasteiger partial charge in [-0.15, -0.1) is 0 Å². The Balaban J connectivity index is 1.64. The molecule has 0 radical (unpaired) electrons. The van der Waals surface area contributed by atoms with Crippen LogP contribution in [0.15, 0.2) is 70.3 Å². The van der Waals surface area contributed by atoms with Crippen LogP contribution in [0.4, 0.5) is 11.4 Å². The highest BCUT2D eigenvalue weighted by atomic mass is 16.5. The average molecular weight is 422 g/mol. The first-order valence-corrected chi connectivity index (χ1v) is 9.84. The van der Waals surface area contributed by atoms with Gasteiger partial charge in [-0.1, -0.05) is 12.1 Å². The van der Waals surface area contributed by atoms with Crippen LogP contribution in [0.2, 0.25) is 0 Å². The van der Waals surface area contributed by atoms with Crippen molar-refractivity contribution < 1.29 is 18.7 Å². The fourth-order valence-corrected chi connectivity index (χ4v) is 2.82. The Bertz CT molecular complexity index is 1010. The number of aliphatic imine (C=N–C) groups is 1. The zero-order valence-corrected chi connectivity index (χ0v) is 17.8. The summed E-state index contributed by atoms with van der Waals surface area (Å²) in [6.07, 6.45) is 1.47. The SMILES string of the molecule is CCNC(=NCc1ccc(NC(=O)c2ccco2)cc1)Nc1ccc(OC)c(OC)c1. The number of rotatable bonds is 8. The summed E-state index contributed by atoms with van der Waals surface area (Å²) in [5.74, 6) is 1.92. The second kappa shape index (κ2) is 10.7. The van der Waals surface area contributed by atoms with E-state index in [0.717, 1.165) is 17.8 Å². The van der Waals surface area contributed by atoms with Gasteiger partial charge in [-0.3, -0.25) is 4.79 Å². The molecule has 3 rings (SSSR count). The number of nitrogens with zero attached hydrogens (tertiary/aromatic N) is 1. The molecule has 2 aromatic carbocycles. The molecule has 31 heavy (non-hydrogen) atoms. The summed E-state index contributed by atoms with van der Waals surface area (Å²) in [6.45, 7) is 3.19. The van der Waals surface area contributed by atoms with E-state index in [4.69, 9.17) is 13.9 Å². The number of guanidine groups is 1. The van der Waals surface area contributed by atoms with Crippen molar-refractivity contribution in [3.05, 3.63) is 72.2 Å². The third kappa shape index (κ3) is 6.02. The molecule has 8 nitrogen and oxygen atoms in total. The minimum atomic E-state index is -0.288. The molecule has 0 unspecified atom stereocenters. The molecule has 0 atom stereocenters. The summed E-state index contributed by atoms with van der Waals surface area (Å²) >= 11 is 0. The van der Waals surface area contributed by atoms with Gasteiger partial charge in [-0.05, 0) is 48.9 Å². The molecule has 8 heteroatoms. The number of methoxy groups -OCH3 is 2. The maximum atomic E-state index is 12.0. The van der Waals surface area contributed by atoms with Crippen LogP contribution in [0.25, 0.3) is 0 Å². The normalized spacial score (nSPS) is 11.0. The van der Waals surface area contributed by atoms with E-state index in [0.29, 0.717) is 29.7 Å². The lowest BCUT2D eigenvalue weighted by Gasteiger charge is -2.14. The van der Waals surface area contributed by atoms with E-state index in [9.17, 15) is 4.79 Å². The van der Waals surface area contributed by atoms with Crippen LogP contribution in [0.5, 0.6) is 11.5 Å². The second-order valence-corrected chi connectivity index (χ2v) is 6.52. The molecule has 0 fully saturated rings. The molecule has 1 aromatic heterocycles. The molecule has 0 saturated heterocycles. The predicted molar refractivity (Wildman–Crippen MR) is 121 cm³/mol. The van der Waals surface area contributed by atoms with Crippen molar-refractivity contribution in [3.8, 4) is 11.5 Å². The molecular weight excluding hydrogens is 396 g/mol. The van der Waals surface area contributed by atoms with Crippen molar-refractivity contribution in [3.63, 3.8) is 0 Å². The van der Waals surface area contributed by atoms with Gasteiger partial charge in [0.2, 0.25) is 0 Å². The second-order valence-electron chi connectivity index (χ2n) is 6.52. The first-order valence-electron chi connectivity index (χ1n) is 9.84. The number of furan rings is 1. The van der Waals surface area contributed by atoms with Crippen LogP contribution in [0, 0.1) is 0 Å². The Morgan fingerprint density at radius 3 is 2.35 bits per heavy atom. The van der Waals surface area contributed by atoms with Crippen LogP contribution in [-0.2, 0) is 6.54 Å². The summed E-state index contributed by atoms with van der Waals surface area (Å²) < 4.78 is 15.7. The lowest BCUT2D eigenvalue weighted by Crippen LogP contribution is -2.30. The first-order chi connectivity index (χ1) is 15.1. The molecule has 0 bridgehead atoms. The number of hydrogen-bond donors (Lipinski definition) is 3. The third-order valence-electron chi connectivity index (χ3n) is 4.37. The van der Waals surface area contributed by atoms with Crippen molar-refractivity contribution in [2.75, 3.05) is 31.4 Å². The van der Waals surface area contributed by atoms with Gasteiger partial charge >= 0.3 is 0 Å². The van der Waals surface area contributed by atoms with E-state index >= 15 is 0 Å². The largest absolute Gasteiger partial charge is 0.493 e. The average Bonchev–Trinajstić information content (AvgIpc) is 3.34. The molecule has 0 aliphatic heterocycles. The van der Waals surface area contributed by atoms with Crippen molar-refractivity contribution >= 4 is 23.2 Å². The molecule has 0 aliphatic carbocycles. The Kier molecular flexibility index (Phi) is 7.53. The Hall–Kier alpha value is -3.94. The van der Waals surface area contributed by atoms with Gasteiger partial charge < -0.3 is 29.8 Å². The van der Waals surface area contributed by atoms with Gasteiger partial charge in [0.05, 0.1) is 27.0 Å². The number of anilines is 2. The number of ether oxygens (including phenoxy) is 2. The first kappa shape index (κ1) is 21.8. The highest BCUT2D eigenvalue weighted by Gasteiger charge is 2.09. The lowest BCUT2D eigenvalue weighted by atomic mass is 10.2. The van der Waals surface area contributed by atoms with Crippen molar-refractivity contribution in [2.24, 2.45) is 4.99 Å². The lowest BCUT2D eigenvalue weighted by molar-refractivity contribution is 0.0996. The number of carbonyl (C=O) groups excluding carboxylic acids is 1. The summed E-state index contributed by atoms with van der Waals surface area (Å²) in [6, 6.07) is 16.4. The summed E-state index contributed by atoms with van der Waals surface area (Å²) in [4.78, 5) is 16.7. The van der Waals surface area contributed by atoms with E-state index < -0.39 is 0 Å². The van der Waals surface area contributed by atoms with Gasteiger partial charge in [0, 0.05) is 24.0 Å². The maximum absolute atomic E-state index is 12.0. The topological polar surface area (TPSA) is 97.1 Å². The zero-order valence-electron chi connectivity index (χ0n) is 17.8. The molecule has 3 aromatic rings. The van der Waals surface area contributed by atoms with E-state index in [1.165, 1.54) is 6.26 Å². The van der Waals surface area contributed by atoms with Gasteiger partial charge in [0.1, 0.15) is 0 Å². The zero-order chi connectivity index (χ0) is 22.1. The fraction of sp³-hybridized carbons (Fsp3) is 0.217. The Morgan fingerprint density at radius 1 is 0.968 bits per heavy atom. The molecule has 0 saturated carbocycles. The minimum Gasteiger partial charge on any atom is -0.493 e. The van der Waals surface area contributed by atoms with E-state index in [1.54, 1.807) is 26.4 Å². The molecule has 1 amide bonds. The number of nitrogens with one attached hydrogen (secondary N) is 3. The standard InChI is InChI=1S/C23H26N4O4/c1-4-24-23(27-18-11-12-19(29-2)21(14-18)30-3)25-15-16-7-9-17(10-8-16)26-22(28)20-6-5-13-31-20/h5-14H,4,15H2,1-3H3,(H,26,28)(H2,24,25,27). The highest BCUT2D eigenvalue weighted by Crippen LogP contribution is 2.29. The monoisotopic (exact) mass is 422 g/mol. The molecule has 0 spiro atoms. The van der Waals surface area contributed by atoms with Crippen LogP contribution in [0.3, 0.4) is 0 Å². The summed E-state index contributed by atoms with van der Waals surface area (Å²) in [5, 5.41) is 9.28. The van der Waals surface area contributed by atoms with Crippen LogP contribution >= 0.6 is 0 Å². The van der Waals surface area contributed by atoms with Crippen LogP contribution < -0.4 is 25.4 Å². The summed E-state index contributed by atoms with van der Waals surface area (Å²) in [7, 11) is 3.20. The summed E-state index contributed by atoms with van der Waals surface area (Å²) in [5.41, 5.74) is 2.51. The van der Waals surface area contributed by atoms with E-state index in [1.807, 2.05) is 49.4 Å². The minimum absolute atomic E-state index is 0.269. The maximum Gasteiger partial charge on any atom is 0.291 e. The quantitative estimate of drug-likeness (QED) is 0.373. The van der Waals surface area contributed by atoms with Gasteiger partial charge in [-0.25, -0.2) is 4.99 Å². The number of hydrogen-bond acceptors (Lipinski definition) is 5. The van der Waals surface area contributed by atoms with Crippen molar-refractivity contribution in [2.45, 2.75) is 13.5 Å². The van der Waals surface area contributed by atoms with Crippen molar-refractivity contribution in [1.82, 2.24) is 5.32 Å². The van der Waals surface area contributed by atoms with Gasteiger partial charge in [-0.2, -0.15) is 0 Å². The van der Waals surface area contributed by atoms with Gasteiger partial charge in [0.25, 0.3) is 5.91 Å².